The summed E-state index contributed by atoms with van der Waals surface area (Å²) in [5, 5.41) is 2.77. The van der Waals surface area contributed by atoms with Crippen molar-refractivity contribution in [1.29, 1.82) is 0 Å². The topological polar surface area (TPSA) is 64.6 Å². The first-order valence-corrected chi connectivity index (χ1v) is 9.01. The predicted molar refractivity (Wildman–Crippen MR) is 106 cm³/mol. The predicted octanol–water partition coefficient (Wildman–Crippen LogP) is 4.57. The summed E-state index contributed by atoms with van der Waals surface area (Å²) in [6, 6.07) is 14.5. The third-order valence-electron chi connectivity index (χ3n) is 4.25. The molecule has 5 nitrogen and oxygen atoms in total. The monoisotopic (exact) mass is 369 g/mol. The lowest BCUT2D eigenvalue weighted by Gasteiger charge is -2.21. The molecule has 2 aromatic rings. The van der Waals surface area contributed by atoms with Crippen molar-refractivity contribution in [2.75, 3.05) is 12.4 Å². The number of nitrogens with one attached hydrogen (secondary N) is 1. The van der Waals surface area contributed by atoms with Crippen LogP contribution in [0.5, 0.6) is 5.75 Å². The van der Waals surface area contributed by atoms with Crippen molar-refractivity contribution >= 4 is 17.6 Å². The summed E-state index contributed by atoms with van der Waals surface area (Å²) in [6.45, 7) is 8.30. The first-order chi connectivity index (χ1) is 12.8. The van der Waals surface area contributed by atoms with Crippen LogP contribution < -0.4 is 10.1 Å². The van der Waals surface area contributed by atoms with Crippen molar-refractivity contribution in [3.63, 3.8) is 0 Å². The highest BCUT2D eigenvalue weighted by Gasteiger charge is 2.21. The molecule has 0 fully saturated rings. The fourth-order valence-electron chi connectivity index (χ4n) is 2.61. The molecule has 0 aromatic heterocycles. The fraction of sp³-hybridized carbons (Fsp3) is 0.364. The lowest BCUT2D eigenvalue weighted by atomic mass is 9.87. The van der Waals surface area contributed by atoms with E-state index in [2.05, 4.69) is 26.1 Å². The van der Waals surface area contributed by atoms with Gasteiger partial charge in [0.2, 0.25) is 0 Å². The molecular weight excluding hydrogens is 342 g/mol. The smallest absolute Gasteiger partial charge is 0.339 e. The molecule has 1 amide bonds. The van der Waals surface area contributed by atoms with Crippen LogP contribution in [-0.2, 0) is 14.9 Å². The first-order valence-electron chi connectivity index (χ1n) is 9.01. The molecule has 0 saturated carbocycles. The maximum Gasteiger partial charge on any atom is 0.339 e. The minimum atomic E-state index is -0.670. The van der Waals surface area contributed by atoms with Crippen molar-refractivity contribution in [2.45, 2.75) is 45.6 Å². The van der Waals surface area contributed by atoms with Crippen molar-refractivity contribution in [2.24, 2.45) is 0 Å². The van der Waals surface area contributed by atoms with Gasteiger partial charge in [-0.25, -0.2) is 4.79 Å². The SMILES string of the molecule is CCC(Oc1ccc(C(C)(C)C)cc1)C(=O)Nc1ccccc1C(=O)OC. The summed E-state index contributed by atoms with van der Waals surface area (Å²) in [7, 11) is 1.31. The van der Waals surface area contributed by atoms with Crippen LogP contribution in [0.15, 0.2) is 48.5 Å². The number of benzene rings is 2. The first kappa shape index (κ1) is 20.5. The number of carbonyl (C=O) groups is 2. The van der Waals surface area contributed by atoms with Gasteiger partial charge in [-0.15, -0.1) is 0 Å². The molecular formula is C22H27NO4. The molecule has 2 rings (SSSR count). The van der Waals surface area contributed by atoms with Gasteiger partial charge in [-0.2, -0.15) is 0 Å². The second-order valence-corrected chi connectivity index (χ2v) is 7.32. The minimum absolute atomic E-state index is 0.0532. The number of hydrogen-bond donors (Lipinski definition) is 1. The maximum absolute atomic E-state index is 12.6. The van der Waals surface area contributed by atoms with Gasteiger partial charge in [-0.3, -0.25) is 4.79 Å². The van der Waals surface area contributed by atoms with Crippen LogP contribution in [0.4, 0.5) is 5.69 Å². The largest absolute Gasteiger partial charge is 0.481 e. The van der Waals surface area contributed by atoms with Crippen LogP contribution in [0, 0.1) is 0 Å². The lowest BCUT2D eigenvalue weighted by Crippen LogP contribution is -2.33. The summed E-state index contributed by atoms with van der Waals surface area (Å²) in [5.41, 5.74) is 1.95. The number of carbonyl (C=O) groups excluding carboxylic acids is 2. The average molecular weight is 369 g/mol. The summed E-state index contributed by atoms with van der Waals surface area (Å²) < 4.78 is 10.6. The van der Waals surface area contributed by atoms with Gasteiger partial charge in [0.15, 0.2) is 6.10 Å². The number of amides is 1. The van der Waals surface area contributed by atoms with E-state index in [9.17, 15) is 9.59 Å². The lowest BCUT2D eigenvalue weighted by molar-refractivity contribution is -0.122. The Balaban J connectivity index is 2.12. The molecule has 27 heavy (non-hydrogen) atoms. The summed E-state index contributed by atoms with van der Waals surface area (Å²) in [5.74, 6) is -0.183. The van der Waals surface area contributed by atoms with Gasteiger partial charge < -0.3 is 14.8 Å². The molecule has 0 aliphatic heterocycles. The van der Waals surface area contributed by atoms with Gasteiger partial charge in [0.25, 0.3) is 5.91 Å². The number of methoxy groups -OCH3 is 1. The molecule has 0 radical (unpaired) electrons. The molecule has 1 atom stereocenters. The fourth-order valence-corrected chi connectivity index (χ4v) is 2.61. The number of ether oxygens (including phenoxy) is 2. The Morgan fingerprint density at radius 2 is 1.67 bits per heavy atom. The van der Waals surface area contributed by atoms with Gasteiger partial charge in [0.1, 0.15) is 5.75 Å². The zero-order chi connectivity index (χ0) is 20.0. The van der Waals surface area contributed by atoms with Crippen molar-refractivity contribution in [3.8, 4) is 5.75 Å². The molecule has 0 spiro atoms. The highest BCUT2D eigenvalue weighted by atomic mass is 16.5. The van der Waals surface area contributed by atoms with E-state index in [1.54, 1.807) is 24.3 Å². The Morgan fingerprint density at radius 1 is 1.04 bits per heavy atom. The second kappa shape index (κ2) is 8.71. The van der Waals surface area contributed by atoms with Gasteiger partial charge in [-0.05, 0) is 41.7 Å². The van der Waals surface area contributed by atoms with Crippen LogP contribution in [0.2, 0.25) is 0 Å². The van der Waals surface area contributed by atoms with Crippen molar-refractivity contribution < 1.29 is 19.1 Å². The zero-order valence-electron chi connectivity index (χ0n) is 16.5. The Hall–Kier alpha value is -2.82. The van der Waals surface area contributed by atoms with Crippen LogP contribution >= 0.6 is 0 Å². The molecule has 0 aliphatic rings. The van der Waals surface area contributed by atoms with E-state index in [4.69, 9.17) is 9.47 Å². The highest BCUT2D eigenvalue weighted by molar-refractivity contribution is 6.02. The zero-order valence-corrected chi connectivity index (χ0v) is 16.5. The average Bonchev–Trinajstić information content (AvgIpc) is 2.65. The van der Waals surface area contributed by atoms with Crippen molar-refractivity contribution in [1.82, 2.24) is 0 Å². The molecule has 0 bridgehead atoms. The van der Waals surface area contributed by atoms with E-state index in [0.29, 0.717) is 23.4 Å². The van der Waals surface area contributed by atoms with E-state index in [0.717, 1.165) is 0 Å². The van der Waals surface area contributed by atoms with Gasteiger partial charge in [-0.1, -0.05) is 52.0 Å². The van der Waals surface area contributed by atoms with E-state index in [1.165, 1.54) is 12.7 Å². The Bertz CT molecular complexity index is 791. The van der Waals surface area contributed by atoms with Crippen LogP contribution in [0.1, 0.15) is 50.0 Å². The molecule has 0 heterocycles. The van der Waals surface area contributed by atoms with E-state index < -0.39 is 12.1 Å². The van der Waals surface area contributed by atoms with Gasteiger partial charge in [0.05, 0.1) is 18.4 Å². The number of para-hydroxylation sites is 1. The Labute approximate surface area is 160 Å². The second-order valence-electron chi connectivity index (χ2n) is 7.32. The van der Waals surface area contributed by atoms with E-state index in [-0.39, 0.29) is 11.3 Å². The molecule has 2 aromatic carbocycles. The summed E-state index contributed by atoms with van der Waals surface area (Å²) in [6.07, 6.45) is -0.177. The van der Waals surface area contributed by atoms with Gasteiger partial charge >= 0.3 is 5.97 Å². The molecule has 0 saturated heterocycles. The Kier molecular flexibility index (Phi) is 6.61. The quantitative estimate of drug-likeness (QED) is 0.758. The van der Waals surface area contributed by atoms with E-state index in [1.807, 2.05) is 31.2 Å². The van der Waals surface area contributed by atoms with Crippen LogP contribution in [0.25, 0.3) is 0 Å². The third kappa shape index (κ3) is 5.33. The Morgan fingerprint density at radius 3 is 2.22 bits per heavy atom. The number of anilines is 1. The van der Waals surface area contributed by atoms with Crippen LogP contribution in [-0.4, -0.2) is 25.1 Å². The molecule has 1 N–H and O–H groups in total. The standard InChI is InChI=1S/C22H27NO4/c1-6-19(27-16-13-11-15(12-14-16)22(2,3)4)20(24)23-18-10-8-7-9-17(18)21(25)26-5/h7-14,19H,6H2,1-5H3,(H,23,24). The normalized spacial score (nSPS) is 12.2. The molecule has 1 unspecified atom stereocenters. The third-order valence-corrected chi connectivity index (χ3v) is 4.25. The van der Waals surface area contributed by atoms with E-state index >= 15 is 0 Å². The number of hydrogen-bond acceptors (Lipinski definition) is 4. The molecule has 5 heteroatoms. The molecule has 0 aliphatic carbocycles. The summed E-state index contributed by atoms with van der Waals surface area (Å²) >= 11 is 0. The maximum atomic E-state index is 12.6. The summed E-state index contributed by atoms with van der Waals surface area (Å²) in [4.78, 5) is 24.5. The van der Waals surface area contributed by atoms with Crippen LogP contribution in [0.3, 0.4) is 0 Å². The number of esters is 1. The number of rotatable bonds is 6. The highest BCUT2D eigenvalue weighted by Crippen LogP contribution is 2.25. The van der Waals surface area contributed by atoms with Crippen molar-refractivity contribution in [3.05, 3.63) is 59.7 Å². The van der Waals surface area contributed by atoms with Gasteiger partial charge in [0, 0.05) is 0 Å². The molecule has 144 valence electrons. The minimum Gasteiger partial charge on any atom is -0.481 e.